The number of nitrogens with two attached hydrogens (primary N) is 1. The van der Waals surface area contributed by atoms with Gasteiger partial charge < -0.3 is 15.4 Å². The predicted octanol–water partition coefficient (Wildman–Crippen LogP) is 0.999. The molecule has 0 fully saturated rings. The van der Waals surface area contributed by atoms with Crippen molar-refractivity contribution in [3.8, 4) is 0 Å². The van der Waals surface area contributed by atoms with Gasteiger partial charge in [0, 0.05) is 19.7 Å². The number of carbonyl (C=O) groups excluding carboxylic acids is 1. The van der Waals surface area contributed by atoms with Crippen LogP contribution >= 0.6 is 0 Å². The zero-order valence-corrected chi connectivity index (χ0v) is 10.2. The van der Waals surface area contributed by atoms with Crippen molar-refractivity contribution in [1.29, 1.82) is 0 Å². The molecule has 0 aromatic rings. The van der Waals surface area contributed by atoms with Gasteiger partial charge in [-0.05, 0) is 20.3 Å². The van der Waals surface area contributed by atoms with Gasteiger partial charge in [0.25, 0.3) is 0 Å². The average molecular weight is 216 g/mol. The maximum absolute atomic E-state index is 11.8. The largest absolute Gasteiger partial charge is 0.380 e. The highest BCUT2D eigenvalue weighted by Gasteiger charge is 2.18. The summed E-state index contributed by atoms with van der Waals surface area (Å²) in [6.07, 6.45) is 1.69. The zero-order chi connectivity index (χ0) is 11.7. The van der Waals surface area contributed by atoms with Gasteiger partial charge in [-0.1, -0.05) is 13.3 Å². The number of carbonyl (C=O) groups is 1. The smallest absolute Gasteiger partial charge is 0.239 e. The van der Waals surface area contributed by atoms with Gasteiger partial charge >= 0.3 is 0 Å². The van der Waals surface area contributed by atoms with Gasteiger partial charge in [0.2, 0.25) is 5.91 Å². The van der Waals surface area contributed by atoms with E-state index in [1.807, 2.05) is 20.8 Å². The summed E-state index contributed by atoms with van der Waals surface area (Å²) in [4.78, 5) is 13.6. The van der Waals surface area contributed by atoms with E-state index in [4.69, 9.17) is 10.5 Å². The van der Waals surface area contributed by atoms with Crippen molar-refractivity contribution in [2.45, 2.75) is 39.7 Å². The SMILES string of the molecule is CCCC(N)C(=O)N(CC)CCOCC. The van der Waals surface area contributed by atoms with Crippen molar-refractivity contribution in [3.05, 3.63) is 0 Å². The summed E-state index contributed by atoms with van der Waals surface area (Å²) in [5.74, 6) is 0.0408. The van der Waals surface area contributed by atoms with Gasteiger partial charge in [-0.25, -0.2) is 0 Å². The second kappa shape index (κ2) is 8.68. The summed E-state index contributed by atoms with van der Waals surface area (Å²) in [5.41, 5.74) is 5.78. The maximum atomic E-state index is 11.8. The van der Waals surface area contributed by atoms with Gasteiger partial charge in [-0.3, -0.25) is 4.79 Å². The van der Waals surface area contributed by atoms with Gasteiger partial charge in [0.1, 0.15) is 0 Å². The minimum atomic E-state index is -0.350. The summed E-state index contributed by atoms with van der Waals surface area (Å²) in [6.45, 7) is 8.55. The Kier molecular flexibility index (Phi) is 8.33. The first-order valence-corrected chi connectivity index (χ1v) is 5.79. The molecule has 0 saturated carbocycles. The Bertz CT molecular complexity index is 174. The molecule has 0 aliphatic heterocycles. The van der Waals surface area contributed by atoms with Crippen molar-refractivity contribution in [3.63, 3.8) is 0 Å². The van der Waals surface area contributed by atoms with Crippen LogP contribution in [0.4, 0.5) is 0 Å². The molecule has 1 atom stereocenters. The van der Waals surface area contributed by atoms with E-state index in [2.05, 4.69) is 0 Å². The molecule has 0 rings (SSSR count). The van der Waals surface area contributed by atoms with E-state index in [9.17, 15) is 4.79 Å². The van der Waals surface area contributed by atoms with Crippen molar-refractivity contribution in [1.82, 2.24) is 4.90 Å². The third-order valence-electron chi connectivity index (χ3n) is 2.32. The number of ether oxygens (including phenoxy) is 1. The lowest BCUT2D eigenvalue weighted by Gasteiger charge is -2.24. The number of hydrogen-bond acceptors (Lipinski definition) is 3. The fraction of sp³-hybridized carbons (Fsp3) is 0.909. The number of amides is 1. The van der Waals surface area contributed by atoms with E-state index >= 15 is 0 Å². The molecule has 1 amide bonds. The summed E-state index contributed by atoms with van der Waals surface area (Å²) in [7, 11) is 0. The first kappa shape index (κ1) is 14.4. The molecule has 0 heterocycles. The van der Waals surface area contributed by atoms with Crippen LogP contribution in [0.2, 0.25) is 0 Å². The molecular formula is C11H24N2O2. The Balaban J connectivity index is 3.97. The van der Waals surface area contributed by atoms with E-state index in [0.717, 1.165) is 12.8 Å². The Hall–Kier alpha value is -0.610. The highest BCUT2D eigenvalue weighted by molar-refractivity contribution is 5.81. The molecule has 0 aromatic heterocycles. The van der Waals surface area contributed by atoms with Crippen LogP contribution in [0.3, 0.4) is 0 Å². The van der Waals surface area contributed by atoms with Gasteiger partial charge in [0.15, 0.2) is 0 Å². The topological polar surface area (TPSA) is 55.6 Å². The number of likely N-dealkylation sites (N-methyl/N-ethyl adjacent to an activating group) is 1. The fourth-order valence-corrected chi connectivity index (χ4v) is 1.41. The molecule has 1 unspecified atom stereocenters. The number of nitrogens with zero attached hydrogens (tertiary/aromatic N) is 1. The lowest BCUT2D eigenvalue weighted by atomic mass is 10.1. The summed E-state index contributed by atoms with van der Waals surface area (Å²) in [6, 6.07) is -0.350. The molecule has 0 spiro atoms. The van der Waals surface area contributed by atoms with Crippen molar-refractivity contribution in [2.24, 2.45) is 5.73 Å². The zero-order valence-electron chi connectivity index (χ0n) is 10.2. The van der Waals surface area contributed by atoms with Gasteiger partial charge in [0.05, 0.1) is 12.6 Å². The third kappa shape index (κ3) is 5.74. The minimum absolute atomic E-state index is 0.0408. The average Bonchev–Trinajstić information content (AvgIpc) is 2.24. The monoisotopic (exact) mass is 216 g/mol. The van der Waals surface area contributed by atoms with Crippen molar-refractivity contribution >= 4 is 5.91 Å². The van der Waals surface area contributed by atoms with Crippen LogP contribution in [0, 0.1) is 0 Å². The molecule has 4 heteroatoms. The Morgan fingerprint density at radius 1 is 1.40 bits per heavy atom. The van der Waals surface area contributed by atoms with Crippen molar-refractivity contribution < 1.29 is 9.53 Å². The van der Waals surface area contributed by atoms with E-state index in [-0.39, 0.29) is 11.9 Å². The summed E-state index contributed by atoms with van der Waals surface area (Å²) >= 11 is 0. The first-order valence-electron chi connectivity index (χ1n) is 5.79. The molecule has 0 aliphatic rings. The lowest BCUT2D eigenvalue weighted by molar-refractivity contribution is -0.133. The van der Waals surface area contributed by atoms with Gasteiger partial charge in [-0.15, -0.1) is 0 Å². The molecular weight excluding hydrogens is 192 g/mol. The molecule has 4 nitrogen and oxygen atoms in total. The summed E-state index contributed by atoms with van der Waals surface area (Å²) in [5, 5.41) is 0. The molecule has 15 heavy (non-hydrogen) atoms. The number of rotatable bonds is 8. The second-order valence-electron chi connectivity index (χ2n) is 3.51. The highest BCUT2D eigenvalue weighted by Crippen LogP contribution is 2.00. The van der Waals surface area contributed by atoms with Crippen LogP contribution in [0.5, 0.6) is 0 Å². The van der Waals surface area contributed by atoms with Gasteiger partial charge in [-0.2, -0.15) is 0 Å². The van der Waals surface area contributed by atoms with Crippen LogP contribution < -0.4 is 5.73 Å². The quantitative estimate of drug-likeness (QED) is 0.616. The fourth-order valence-electron chi connectivity index (χ4n) is 1.41. The van der Waals surface area contributed by atoms with E-state index < -0.39 is 0 Å². The Labute approximate surface area is 92.8 Å². The van der Waals surface area contributed by atoms with E-state index in [0.29, 0.717) is 26.3 Å². The van der Waals surface area contributed by atoms with E-state index in [1.165, 1.54) is 0 Å². The molecule has 0 radical (unpaired) electrons. The standard InChI is InChI=1S/C11H24N2O2/c1-4-7-10(12)11(14)13(5-2)8-9-15-6-3/h10H,4-9,12H2,1-3H3. The Morgan fingerprint density at radius 2 is 2.07 bits per heavy atom. The van der Waals surface area contributed by atoms with Crippen LogP contribution in [-0.4, -0.2) is 43.2 Å². The molecule has 0 aromatic carbocycles. The molecule has 90 valence electrons. The first-order chi connectivity index (χ1) is 7.17. The third-order valence-corrected chi connectivity index (χ3v) is 2.32. The van der Waals surface area contributed by atoms with E-state index in [1.54, 1.807) is 4.90 Å². The predicted molar refractivity (Wildman–Crippen MR) is 61.6 cm³/mol. The molecule has 0 saturated heterocycles. The van der Waals surface area contributed by atoms with Crippen LogP contribution in [0.15, 0.2) is 0 Å². The molecule has 0 aliphatic carbocycles. The molecule has 0 bridgehead atoms. The van der Waals surface area contributed by atoms with Crippen LogP contribution in [0.1, 0.15) is 33.6 Å². The highest BCUT2D eigenvalue weighted by atomic mass is 16.5. The maximum Gasteiger partial charge on any atom is 0.239 e. The van der Waals surface area contributed by atoms with Crippen LogP contribution in [-0.2, 0) is 9.53 Å². The number of hydrogen-bond donors (Lipinski definition) is 1. The summed E-state index contributed by atoms with van der Waals surface area (Å²) < 4.78 is 5.22. The van der Waals surface area contributed by atoms with Crippen molar-refractivity contribution in [2.75, 3.05) is 26.3 Å². The normalized spacial score (nSPS) is 12.5. The second-order valence-corrected chi connectivity index (χ2v) is 3.51. The Morgan fingerprint density at radius 3 is 2.53 bits per heavy atom. The molecule has 2 N–H and O–H groups in total. The minimum Gasteiger partial charge on any atom is -0.380 e. The van der Waals surface area contributed by atoms with Crippen LogP contribution in [0.25, 0.3) is 0 Å². The lowest BCUT2D eigenvalue weighted by Crippen LogP contribution is -2.44.